The Hall–Kier alpha value is -3.48. The Kier molecular flexibility index (Phi) is 6.24. The van der Waals surface area contributed by atoms with Gasteiger partial charge in [-0.1, -0.05) is 20.8 Å². The minimum absolute atomic E-state index is 0.239. The quantitative estimate of drug-likeness (QED) is 0.398. The highest BCUT2D eigenvalue weighted by Crippen LogP contribution is 2.37. The van der Waals surface area contributed by atoms with Crippen molar-refractivity contribution in [1.29, 1.82) is 0 Å². The van der Waals surface area contributed by atoms with Crippen molar-refractivity contribution in [2.24, 2.45) is 0 Å². The van der Waals surface area contributed by atoms with E-state index >= 15 is 0 Å². The summed E-state index contributed by atoms with van der Waals surface area (Å²) in [4.78, 5) is 25.3. The zero-order valence-corrected chi connectivity index (χ0v) is 18.5. The molecular formula is C24H26O7. The van der Waals surface area contributed by atoms with Crippen LogP contribution in [0, 0.1) is 0 Å². The number of esters is 2. The molecule has 3 aromatic rings. The van der Waals surface area contributed by atoms with Crippen LogP contribution in [0.3, 0.4) is 0 Å². The average molecular weight is 426 g/mol. The Labute approximate surface area is 180 Å². The second kappa shape index (κ2) is 8.71. The molecule has 0 aliphatic heterocycles. The first-order valence-corrected chi connectivity index (χ1v) is 9.88. The smallest absolute Gasteiger partial charge is 0.343 e. The van der Waals surface area contributed by atoms with Crippen LogP contribution in [-0.2, 0) is 10.2 Å². The van der Waals surface area contributed by atoms with Gasteiger partial charge in [0.25, 0.3) is 0 Å². The molecule has 3 rings (SSSR count). The Morgan fingerprint density at radius 2 is 1.65 bits per heavy atom. The van der Waals surface area contributed by atoms with Crippen molar-refractivity contribution in [2.45, 2.75) is 33.1 Å². The number of hydrogen-bond acceptors (Lipinski definition) is 7. The molecule has 7 heteroatoms. The van der Waals surface area contributed by atoms with E-state index in [-0.39, 0.29) is 12.4 Å². The van der Waals surface area contributed by atoms with Crippen LogP contribution in [0.5, 0.6) is 17.2 Å². The van der Waals surface area contributed by atoms with Crippen LogP contribution in [0.25, 0.3) is 11.0 Å². The van der Waals surface area contributed by atoms with Crippen molar-refractivity contribution < 1.29 is 33.0 Å². The van der Waals surface area contributed by atoms with Gasteiger partial charge in [-0.05, 0) is 43.3 Å². The molecule has 164 valence electrons. The number of ether oxygens (including phenoxy) is 4. The summed E-state index contributed by atoms with van der Waals surface area (Å²) < 4.78 is 27.2. The number of carbonyl (C=O) groups is 2. The van der Waals surface area contributed by atoms with Gasteiger partial charge in [-0.25, -0.2) is 9.59 Å². The van der Waals surface area contributed by atoms with E-state index in [1.807, 2.05) is 20.8 Å². The molecule has 0 bridgehead atoms. The number of methoxy groups -OCH3 is 2. The largest absolute Gasteiger partial charge is 0.493 e. The van der Waals surface area contributed by atoms with Crippen LogP contribution < -0.4 is 14.2 Å². The van der Waals surface area contributed by atoms with E-state index in [0.717, 1.165) is 0 Å². The van der Waals surface area contributed by atoms with E-state index < -0.39 is 17.4 Å². The van der Waals surface area contributed by atoms with E-state index in [0.29, 0.717) is 39.4 Å². The maximum absolute atomic E-state index is 12.7. The third kappa shape index (κ3) is 4.50. The Balaban J connectivity index is 1.99. The van der Waals surface area contributed by atoms with Crippen LogP contribution >= 0.6 is 0 Å². The minimum atomic E-state index is -0.572. The Bertz CT molecular complexity index is 1120. The lowest BCUT2D eigenvalue weighted by molar-refractivity contribution is 0.0523. The number of rotatable bonds is 6. The normalized spacial score (nSPS) is 11.3. The maximum atomic E-state index is 12.7. The maximum Gasteiger partial charge on any atom is 0.343 e. The molecule has 7 nitrogen and oxygen atoms in total. The van der Waals surface area contributed by atoms with Crippen LogP contribution in [0.4, 0.5) is 0 Å². The molecule has 0 atom stereocenters. The fraction of sp³-hybridized carbons (Fsp3) is 0.333. The number of fused-ring (bicyclic) bond motifs is 1. The lowest BCUT2D eigenvalue weighted by Crippen LogP contribution is -2.16. The zero-order valence-electron chi connectivity index (χ0n) is 18.5. The van der Waals surface area contributed by atoms with Crippen LogP contribution in [-0.4, -0.2) is 32.8 Å². The molecule has 0 N–H and O–H groups in total. The summed E-state index contributed by atoms with van der Waals surface area (Å²) in [5.74, 6) is 0.671. The summed E-state index contributed by atoms with van der Waals surface area (Å²) in [6, 6.07) is 9.65. The van der Waals surface area contributed by atoms with Crippen molar-refractivity contribution in [2.75, 3.05) is 20.8 Å². The SMILES string of the molecule is CCOC(=O)c1c(C(C)(C)C)oc2ccc(OC(=O)c3ccc(OC)c(OC)c3)cc12. The van der Waals surface area contributed by atoms with Crippen LogP contribution in [0.2, 0.25) is 0 Å². The number of hydrogen-bond donors (Lipinski definition) is 0. The molecular weight excluding hydrogens is 400 g/mol. The molecule has 0 spiro atoms. The van der Waals surface area contributed by atoms with Gasteiger partial charge < -0.3 is 23.4 Å². The molecule has 1 heterocycles. The predicted molar refractivity (Wildman–Crippen MR) is 115 cm³/mol. The van der Waals surface area contributed by atoms with E-state index in [4.69, 9.17) is 23.4 Å². The summed E-state index contributed by atoms with van der Waals surface area (Å²) in [5.41, 5.74) is 0.732. The minimum Gasteiger partial charge on any atom is -0.493 e. The van der Waals surface area contributed by atoms with Crippen molar-refractivity contribution in [3.05, 3.63) is 53.3 Å². The van der Waals surface area contributed by atoms with E-state index in [1.165, 1.54) is 14.2 Å². The van der Waals surface area contributed by atoms with E-state index in [1.54, 1.807) is 43.3 Å². The molecule has 0 fully saturated rings. The van der Waals surface area contributed by atoms with Gasteiger partial charge in [-0.2, -0.15) is 0 Å². The first-order valence-electron chi connectivity index (χ1n) is 9.88. The molecule has 0 amide bonds. The van der Waals surface area contributed by atoms with Crippen LogP contribution in [0.15, 0.2) is 40.8 Å². The molecule has 31 heavy (non-hydrogen) atoms. The van der Waals surface area contributed by atoms with E-state index in [9.17, 15) is 9.59 Å². The second-order valence-corrected chi connectivity index (χ2v) is 7.89. The molecule has 0 radical (unpaired) electrons. The molecule has 0 aliphatic rings. The zero-order chi connectivity index (χ0) is 22.8. The standard InChI is InChI=1S/C24H26O7/c1-7-29-23(26)20-16-13-15(9-11-17(16)31-21(20)24(2,3)4)30-22(25)14-8-10-18(27-5)19(12-14)28-6/h8-13H,7H2,1-6H3. The van der Waals surface area contributed by atoms with Crippen molar-refractivity contribution in [3.63, 3.8) is 0 Å². The first-order chi connectivity index (χ1) is 14.7. The second-order valence-electron chi connectivity index (χ2n) is 7.89. The van der Waals surface area contributed by atoms with Gasteiger partial charge in [0.15, 0.2) is 11.5 Å². The molecule has 1 aromatic heterocycles. The highest BCUT2D eigenvalue weighted by atomic mass is 16.5. The van der Waals surface area contributed by atoms with Gasteiger partial charge in [0, 0.05) is 10.8 Å². The van der Waals surface area contributed by atoms with Gasteiger partial charge in [0.05, 0.1) is 26.4 Å². The summed E-state index contributed by atoms with van der Waals surface area (Å²) in [6.45, 7) is 7.83. The predicted octanol–water partition coefficient (Wildman–Crippen LogP) is 5.14. The monoisotopic (exact) mass is 426 g/mol. The molecule has 0 unspecified atom stereocenters. The lowest BCUT2D eigenvalue weighted by atomic mass is 9.89. The molecule has 0 saturated heterocycles. The van der Waals surface area contributed by atoms with Crippen LogP contribution in [0.1, 0.15) is 54.2 Å². The summed E-state index contributed by atoms with van der Waals surface area (Å²) in [5, 5.41) is 0.529. The fourth-order valence-corrected chi connectivity index (χ4v) is 3.20. The average Bonchev–Trinajstić information content (AvgIpc) is 3.12. The highest BCUT2D eigenvalue weighted by Gasteiger charge is 2.30. The fourth-order valence-electron chi connectivity index (χ4n) is 3.20. The Morgan fingerprint density at radius 1 is 0.935 bits per heavy atom. The molecule has 0 saturated carbocycles. The van der Waals surface area contributed by atoms with Gasteiger partial charge in [-0.15, -0.1) is 0 Å². The summed E-state index contributed by atoms with van der Waals surface area (Å²) >= 11 is 0. The van der Waals surface area contributed by atoms with Crippen molar-refractivity contribution in [1.82, 2.24) is 0 Å². The number of benzene rings is 2. The van der Waals surface area contributed by atoms with Crippen molar-refractivity contribution in [3.8, 4) is 17.2 Å². The number of carbonyl (C=O) groups excluding carboxylic acids is 2. The van der Waals surface area contributed by atoms with Gasteiger partial charge >= 0.3 is 11.9 Å². The van der Waals surface area contributed by atoms with Crippen molar-refractivity contribution >= 4 is 22.9 Å². The summed E-state index contributed by atoms with van der Waals surface area (Å²) in [7, 11) is 3.01. The number of furan rings is 1. The summed E-state index contributed by atoms with van der Waals surface area (Å²) in [6.07, 6.45) is 0. The molecule has 0 aliphatic carbocycles. The van der Waals surface area contributed by atoms with Gasteiger partial charge in [-0.3, -0.25) is 0 Å². The third-order valence-corrected chi connectivity index (χ3v) is 4.65. The lowest BCUT2D eigenvalue weighted by Gasteiger charge is -2.16. The first kappa shape index (κ1) is 22.2. The highest BCUT2D eigenvalue weighted by molar-refractivity contribution is 6.05. The van der Waals surface area contributed by atoms with Gasteiger partial charge in [0.2, 0.25) is 0 Å². The van der Waals surface area contributed by atoms with E-state index in [2.05, 4.69) is 0 Å². The van der Waals surface area contributed by atoms with Gasteiger partial charge in [0.1, 0.15) is 22.7 Å². The third-order valence-electron chi connectivity index (χ3n) is 4.65. The Morgan fingerprint density at radius 3 is 2.26 bits per heavy atom. The molecule has 2 aromatic carbocycles. The topological polar surface area (TPSA) is 84.2 Å².